The lowest BCUT2D eigenvalue weighted by atomic mass is 10.1. The summed E-state index contributed by atoms with van der Waals surface area (Å²) < 4.78 is 38.9. The van der Waals surface area contributed by atoms with Gasteiger partial charge in [0, 0.05) is 0 Å². The summed E-state index contributed by atoms with van der Waals surface area (Å²) in [4.78, 5) is 4.03. The summed E-state index contributed by atoms with van der Waals surface area (Å²) in [6, 6.07) is 21.6. The summed E-state index contributed by atoms with van der Waals surface area (Å²) in [5, 5.41) is 1.79. The average molecular weight is 353 g/mol. The fraction of sp³-hybridized carbons (Fsp3) is 0.190. The molecule has 0 unspecified atom stereocenters. The van der Waals surface area contributed by atoms with Crippen LogP contribution in [0.5, 0.6) is 5.75 Å². The molecule has 0 radical (unpaired) electrons. The molecule has 0 aromatic heterocycles. The summed E-state index contributed by atoms with van der Waals surface area (Å²) in [7, 11) is 0. The lowest BCUT2D eigenvalue weighted by Gasteiger charge is -2.17. The molecule has 1 aliphatic heterocycles. The van der Waals surface area contributed by atoms with Gasteiger partial charge < -0.3 is 9.47 Å². The van der Waals surface area contributed by atoms with E-state index in [2.05, 4.69) is 4.99 Å². The Kier molecular flexibility index (Phi) is 4.29. The number of halogens is 2. The molecule has 0 saturated heterocycles. The van der Waals surface area contributed by atoms with Crippen LogP contribution < -0.4 is 4.74 Å². The smallest absolute Gasteiger partial charge is 0.472 e. The third-order valence-electron chi connectivity index (χ3n) is 4.24. The first-order chi connectivity index (χ1) is 12.6. The van der Waals surface area contributed by atoms with E-state index in [0.717, 1.165) is 16.3 Å². The molecule has 132 valence electrons. The van der Waals surface area contributed by atoms with Crippen molar-refractivity contribution in [2.24, 2.45) is 4.99 Å². The predicted molar refractivity (Wildman–Crippen MR) is 96.8 cm³/mol. The Bertz CT molecular complexity index is 941. The van der Waals surface area contributed by atoms with E-state index in [1.807, 2.05) is 54.6 Å². The molecule has 0 spiro atoms. The van der Waals surface area contributed by atoms with Gasteiger partial charge in [0.1, 0.15) is 12.4 Å². The fourth-order valence-corrected chi connectivity index (χ4v) is 2.99. The number of fused-ring (bicyclic) bond motifs is 1. The van der Waals surface area contributed by atoms with Crippen LogP contribution in [0.2, 0.25) is 0 Å². The largest absolute Gasteiger partial charge is 0.479 e. The maximum atomic E-state index is 14.4. The molecule has 1 aliphatic rings. The van der Waals surface area contributed by atoms with Gasteiger partial charge in [-0.2, -0.15) is 8.78 Å². The summed E-state index contributed by atoms with van der Waals surface area (Å²) in [5.41, 5.74) is 1.03. The quantitative estimate of drug-likeness (QED) is 0.656. The van der Waals surface area contributed by atoms with E-state index in [1.165, 1.54) is 6.07 Å². The Balaban J connectivity index is 1.49. The Morgan fingerprint density at radius 1 is 0.962 bits per heavy atom. The van der Waals surface area contributed by atoms with Gasteiger partial charge in [-0.05, 0) is 34.9 Å². The highest BCUT2D eigenvalue weighted by atomic mass is 19.3. The van der Waals surface area contributed by atoms with Gasteiger partial charge in [0.2, 0.25) is 0 Å². The second-order valence-electron chi connectivity index (χ2n) is 6.22. The van der Waals surface area contributed by atoms with Crippen molar-refractivity contribution < 1.29 is 18.3 Å². The van der Waals surface area contributed by atoms with E-state index < -0.39 is 12.0 Å². The van der Waals surface area contributed by atoms with Gasteiger partial charge in [-0.25, -0.2) is 4.99 Å². The molecular formula is C21H17F2NO2. The van der Waals surface area contributed by atoms with Crippen molar-refractivity contribution in [2.75, 3.05) is 6.61 Å². The number of benzene rings is 3. The van der Waals surface area contributed by atoms with E-state index in [4.69, 9.17) is 9.47 Å². The normalized spacial score (nSPS) is 17.0. The van der Waals surface area contributed by atoms with Crippen molar-refractivity contribution in [3.8, 4) is 5.75 Å². The minimum atomic E-state index is -3.60. The molecule has 0 N–H and O–H groups in total. The molecule has 5 heteroatoms. The van der Waals surface area contributed by atoms with Gasteiger partial charge in [-0.3, -0.25) is 0 Å². The molecular weight excluding hydrogens is 336 g/mol. The van der Waals surface area contributed by atoms with E-state index in [1.54, 1.807) is 12.1 Å². The van der Waals surface area contributed by atoms with Crippen LogP contribution in [-0.4, -0.2) is 24.7 Å². The molecule has 26 heavy (non-hydrogen) atoms. The molecule has 1 atom stereocenters. The third-order valence-corrected chi connectivity index (χ3v) is 4.24. The number of alkyl halides is 2. The second kappa shape index (κ2) is 6.75. The maximum Gasteiger partial charge on any atom is 0.479 e. The van der Waals surface area contributed by atoms with Gasteiger partial charge in [0.15, 0.2) is 0 Å². The van der Waals surface area contributed by atoms with Crippen molar-refractivity contribution in [1.29, 1.82) is 0 Å². The molecule has 3 aromatic carbocycles. The summed E-state index contributed by atoms with van der Waals surface area (Å²) in [5.74, 6) is -0.585. The van der Waals surface area contributed by atoms with E-state index in [-0.39, 0.29) is 18.4 Å². The number of hydrogen-bond donors (Lipinski definition) is 0. The van der Waals surface area contributed by atoms with Crippen LogP contribution in [0.4, 0.5) is 8.78 Å². The Labute approximate surface area is 149 Å². The Morgan fingerprint density at radius 3 is 2.50 bits per heavy atom. The minimum absolute atomic E-state index is 0.0755. The molecule has 0 bridgehead atoms. The molecule has 0 saturated carbocycles. The van der Waals surface area contributed by atoms with Gasteiger partial charge in [0.05, 0.1) is 6.04 Å². The number of hydrogen-bond acceptors (Lipinski definition) is 3. The highest BCUT2D eigenvalue weighted by Gasteiger charge is 2.45. The first kappa shape index (κ1) is 16.5. The zero-order valence-electron chi connectivity index (χ0n) is 13.9. The predicted octanol–water partition coefficient (Wildman–Crippen LogP) is 4.85. The molecule has 0 fully saturated rings. The zero-order chi connectivity index (χ0) is 18.0. The van der Waals surface area contributed by atoms with Crippen molar-refractivity contribution in [3.63, 3.8) is 0 Å². The average Bonchev–Trinajstić information content (AvgIpc) is 3.12. The van der Waals surface area contributed by atoms with Crippen LogP contribution in [0.3, 0.4) is 0 Å². The van der Waals surface area contributed by atoms with Crippen molar-refractivity contribution >= 4 is 16.7 Å². The minimum Gasteiger partial charge on any atom is -0.472 e. The first-order valence-electron chi connectivity index (χ1n) is 8.41. The number of aliphatic imine (C=N–C) groups is 1. The number of nitrogens with zero attached hydrogens (tertiary/aromatic N) is 1. The van der Waals surface area contributed by atoms with Gasteiger partial charge in [-0.1, -0.05) is 60.7 Å². The second-order valence-corrected chi connectivity index (χ2v) is 6.22. The molecule has 3 aromatic rings. The van der Waals surface area contributed by atoms with Gasteiger partial charge >= 0.3 is 12.0 Å². The highest BCUT2D eigenvalue weighted by molar-refractivity contribution is 5.85. The van der Waals surface area contributed by atoms with E-state index in [9.17, 15) is 8.78 Å². The summed E-state index contributed by atoms with van der Waals surface area (Å²) in [6.45, 7) is 0.126. The van der Waals surface area contributed by atoms with E-state index >= 15 is 0 Å². The molecule has 0 amide bonds. The monoisotopic (exact) mass is 353 g/mol. The molecule has 0 aliphatic carbocycles. The third kappa shape index (κ3) is 3.52. The van der Waals surface area contributed by atoms with Gasteiger partial charge in [0.25, 0.3) is 0 Å². The Hall–Kier alpha value is -2.95. The lowest BCUT2D eigenvalue weighted by Crippen LogP contribution is -2.35. The maximum absolute atomic E-state index is 14.4. The number of rotatable bonds is 5. The Morgan fingerprint density at radius 2 is 1.69 bits per heavy atom. The van der Waals surface area contributed by atoms with Crippen LogP contribution in [0.1, 0.15) is 5.56 Å². The topological polar surface area (TPSA) is 30.8 Å². The van der Waals surface area contributed by atoms with Crippen molar-refractivity contribution in [2.45, 2.75) is 18.6 Å². The molecule has 3 nitrogen and oxygen atoms in total. The van der Waals surface area contributed by atoms with Crippen LogP contribution in [-0.2, 0) is 11.2 Å². The fourth-order valence-electron chi connectivity index (χ4n) is 2.99. The lowest BCUT2D eigenvalue weighted by molar-refractivity contribution is -0.125. The molecule has 1 heterocycles. The summed E-state index contributed by atoms with van der Waals surface area (Å²) >= 11 is 0. The van der Waals surface area contributed by atoms with Crippen LogP contribution in [0, 0.1) is 0 Å². The van der Waals surface area contributed by atoms with E-state index in [0.29, 0.717) is 6.42 Å². The molecule has 4 rings (SSSR count). The SMILES string of the molecule is FC(F)(Oc1ccc2ccccc2c1)C1=N[C@@H](Cc2ccccc2)CO1. The summed E-state index contributed by atoms with van der Waals surface area (Å²) in [6.07, 6.45) is -3.05. The number of ether oxygens (including phenoxy) is 2. The van der Waals surface area contributed by atoms with Crippen LogP contribution >= 0.6 is 0 Å². The van der Waals surface area contributed by atoms with Crippen molar-refractivity contribution in [3.05, 3.63) is 78.4 Å². The van der Waals surface area contributed by atoms with Crippen LogP contribution in [0.25, 0.3) is 10.8 Å². The highest BCUT2D eigenvalue weighted by Crippen LogP contribution is 2.29. The van der Waals surface area contributed by atoms with Crippen LogP contribution in [0.15, 0.2) is 77.8 Å². The standard InChI is InChI=1S/C21H17F2NO2/c22-21(23,26-19-11-10-16-8-4-5-9-17(16)13-19)20-24-18(14-25-20)12-15-6-2-1-3-7-15/h1-11,13,18H,12,14H2/t18-/m0/s1. The zero-order valence-corrected chi connectivity index (χ0v) is 13.9. The first-order valence-corrected chi connectivity index (χ1v) is 8.41. The van der Waals surface area contributed by atoms with Crippen molar-refractivity contribution in [1.82, 2.24) is 0 Å². The van der Waals surface area contributed by atoms with Gasteiger partial charge in [-0.15, -0.1) is 0 Å².